The van der Waals surface area contributed by atoms with Gasteiger partial charge in [-0.15, -0.1) is 0 Å². The molecule has 1 N–H and O–H groups in total. The van der Waals surface area contributed by atoms with Gasteiger partial charge in [-0.3, -0.25) is 9.69 Å². The van der Waals surface area contributed by atoms with Crippen molar-refractivity contribution in [2.24, 2.45) is 0 Å². The molecule has 0 unspecified atom stereocenters. The quantitative estimate of drug-likeness (QED) is 0.759. The van der Waals surface area contributed by atoms with Gasteiger partial charge in [0.05, 0.1) is 12.2 Å². The number of nitrogens with one attached hydrogen (secondary N) is 1. The molecule has 3 nitrogen and oxygen atoms in total. The lowest BCUT2D eigenvalue weighted by Crippen LogP contribution is -2.29. The Morgan fingerprint density at radius 1 is 1.14 bits per heavy atom. The number of rotatable bonds is 5. The number of halogens is 2. The summed E-state index contributed by atoms with van der Waals surface area (Å²) in [4.78, 5) is 14.1. The highest BCUT2D eigenvalue weighted by atomic mass is 79.9. The average molecular weight is 426 g/mol. The van der Waals surface area contributed by atoms with Crippen LogP contribution in [0.3, 0.4) is 0 Å². The molecule has 0 saturated heterocycles. The molecule has 116 valence electrons. The summed E-state index contributed by atoms with van der Waals surface area (Å²) in [5.74, 6) is -0.0239. The molecule has 0 atom stereocenters. The summed E-state index contributed by atoms with van der Waals surface area (Å²) in [6.45, 7) is 3.09. The van der Waals surface area contributed by atoms with Crippen LogP contribution in [0, 0.1) is 6.92 Å². The number of carbonyl (C=O) groups excluding carboxylic acids is 1. The highest BCUT2D eigenvalue weighted by Crippen LogP contribution is 2.23. The van der Waals surface area contributed by atoms with Gasteiger partial charge in [0.25, 0.3) is 0 Å². The Hall–Kier alpha value is -1.17. The Morgan fingerprint density at radius 2 is 1.82 bits per heavy atom. The minimum Gasteiger partial charge on any atom is -0.324 e. The number of hydrogen-bond acceptors (Lipinski definition) is 2. The number of amides is 1. The Bertz CT molecular complexity index is 656. The zero-order valence-corrected chi connectivity index (χ0v) is 15.7. The molecule has 2 aromatic rings. The standard InChI is InChI=1S/C17H18Br2N2O/c1-12-3-8-16(15(19)9-12)20-17(22)11-21(2)10-13-4-6-14(18)7-5-13/h3-9H,10-11H2,1-2H3,(H,20,22). The largest absolute Gasteiger partial charge is 0.324 e. The van der Waals surface area contributed by atoms with Crippen LogP contribution >= 0.6 is 31.9 Å². The van der Waals surface area contributed by atoms with Crippen LogP contribution in [0.1, 0.15) is 11.1 Å². The van der Waals surface area contributed by atoms with E-state index < -0.39 is 0 Å². The van der Waals surface area contributed by atoms with Crippen LogP contribution in [0.5, 0.6) is 0 Å². The Balaban J connectivity index is 1.89. The number of anilines is 1. The summed E-state index contributed by atoms with van der Waals surface area (Å²) in [5, 5.41) is 2.93. The fraction of sp³-hybridized carbons (Fsp3) is 0.235. The molecule has 0 radical (unpaired) electrons. The molecule has 22 heavy (non-hydrogen) atoms. The van der Waals surface area contributed by atoms with Gasteiger partial charge >= 0.3 is 0 Å². The van der Waals surface area contributed by atoms with E-state index in [-0.39, 0.29) is 5.91 Å². The molecule has 0 heterocycles. The van der Waals surface area contributed by atoms with Gasteiger partial charge in [-0.2, -0.15) is 0 Å². The Labute approximate surface area is 148 Å². The Morgan fingerprint density at radius 3 is 2.45 bits per heavy atom. The first-order chi connectivity index (χ1) is 10.4. The maximum absolute atomic E-state index is 12.1. The fourth-order valence-corrected chi connectivity index (χ4v) is 2.97. The summed E-state index contributed by atoms with van der Waals surface area (Å²) in [6.07, 6.45) is 0. The van der Waals surface area contributed by atoms with E-state index in [9.17, 15) is 4.79 Å². The van der Waals surface area contributed by atoms with Crippen molar-refractivity contribution < 1.29 is 4.79 Å². The topological polar surface area (TPSA) is 32.3 Å². The van der Waals surface area contributed by atoms with Gasteiger partial charge in [0, 0.05) is 15.5 Å². The van der Waals surface area contributed by atoms with Gasteiger partial charge in [-0.05, 0) is 65.3 Å². The zero-order valence-electron chi connectivity index (χ0n) is 12.6. The molecule has 0 saturated carbocycles. The smallest absolute Gasteiger partial charge is 0.238 e. The van der Waals surface area contributed by atoms with E-state index in [0.29, 0.717) is 6.54 Å². The molecule has 0 bridgehead atoms. The van der Waals surface area contributed by atoms with Gasteiger partial charge in [0.15, 0.2) is 0 Å². The SMILES string of the molecule is Cc1ccc(NC(=O)CN(C)Cc2ccc(Br)cc2)c(Br)c1. The van der Waals surface area contributed by atoms with E-state index in [1.807, 2.05) is 49.2 Å². The normalized spacial score (nSPS) is 10.8. The second kappa shape index (κ2) is 7.90. The first kappa shape index (κ1) is 17.2. The van der Waals surface area contributed by atoms with Crippen molar-refractivity contribution in [2.45, 2.75) is 13.5 Å². The maximum Gasteiger partial charge on any atom is 0.238 e. The van der Waals surface area contributed by atoms with Crippen molar-refractivity contribution in [3.63, 3.8) is 0 Å². The third-order valence-electron chi connectivity index (χ3n) is 3.18. The third-order valence-corrected chi connectivity index (χ3v) is 4.36. The molecule has 0 aliphatic heterocycles. The number of nitrogens with zero attached hydrogens (tertiary/aromatic N) is 1. The molecule has 1 amide bonds. The number of likely N-dealkylation sites (N-methyl/N-ethyl adjacent to an activating group) is 1. The monoisotopic (exact) mass is 424 g/mol. The molecule has 5 heteroatoms. The second-order valence-electron chi connectivity index (χ2n) is 5.33. The number of carbonyl (C=O) groups is 1. The summed E-state index contributed by atoms with van der Waals surface area (Å²) in [6, 6.07) is 14.0. The van der Waals surface area contributed by atoms with Crippen molar-refractivity contribution in [2.75, 3.05) is 18.9 Å². The van der Waals surface area contributed by atoms with Crippen LogP contribution in [0.4, 0.5) is 5.69 Å². The van der Waals surface area contributed by atoms with Crippen molar-refractivity contribution in [1.29, 1.82) is 0 Å². The van der Waals surface area contributed by atoms with Crippen LogP contribution in [-0.4, -0.2) is 24.4 Å². The molecule has 0 spiro atoms. The number of aryl methyl sites for hydroxylation is 1. The lowest BCUT2D eigenvalue weighted by molar-refractivity contribution is -0.117. The Kier molecular flexibility index (Phi) is 6.17. The summed E-state index contributed by atoms with van der Waals surface area (Å²) in [7, 11) is 1.94. The van der Waals surface area contributed by atoms with E-state index in [0.717, 1.165) is 26.7 Å². The molecule has 0 fully saturated rings. The lowest BCUT2D eigenvalue weighted by Gasteiger charge is -2.17. The molecular weight excluding hydrogens is 408 g/mol. The van der Waals surface area contributed by atoms with Crippen molar-refractivity contribution in [1.82, 2.24) is 4.90 Å². The summed E-state index contributed by atoms with van der Waals surface area (Å²) >= 11 is 6.89. The molecule has 0 aliphatic rings. The molecular formula is C17H18Br2N2O. The first-order valence-corrected chi connectivity index (χ1v) is 8.51. The van der Waals surface area contributed by atoms with Gasteiger partial charge in [0.2, 0.25) is 5.91 Å². The summed E-state index contributed by atoms with van der Waals surface area (Å²) in [5.41, 5.74) is 3.12. The van der Waals surface area contributed by atoms with E-state index in [1.165, 1.54) is 5.56 Å². The van der Waals surface area contributed by atoms with Crippen molar-refractivity contribution in [3.05, 3.63) is 62.5 Å². The minimum absolute atomic E-state index is 0.0239. The highest BCUT2D eigenvalue weighted by molar-refractivity contribution is 9.10. The number of hydrogen-bond donors (Lipinski definition) is 1. The molecule has 0 aromatic heterocycles. The van der Waals surface area contributed by atoms with Crippen LogP contribution in [0.2, 0.25) is 0 Å². The lowest BCUT2D eigenvalue weighted by atomic mass is 10.2. The van der Waals surface area contributed by atoms with Crippen molar-refractivity contribution >= 4 is 43.5 Å². The second-order valence-corrected chi connectivity index (χ2v) is 7.10. The van der Waals surface area contributed by atoms with Gasteiger partial charge in [-0.25, -0.2) is 0 Å². The molecule has 0 aliphatic carbocycles. The van der Waals surface area contributed by atoms with E-state index in [4.69, 9.17) is 0 Å². The molecule has 2 rings (SSSR count). The zero-order chi connectivity index (χ0) is 16.1. The maximum atomic E-state index is 12.1. The van der Waals surface area contributed by atoms with E-state index in [2.05, 4.69) is 49.3 Å². The molecule has 2 aromatic carbocycles. The van der Waals surface area contributed by atoms with Gasteiger partial charge in [-0.1, -0.05) is 34.1 Å². The average Bonchev–Trinajstić information content (AvgIpc) is 2.44. The predicted molar refractivity (Wildman–Crippen MR) is 98.0 cm³/mol. The number of benzene rings is 2. The highest BCUT2D eigenvalue weighted by Gasteiger charge is 2.09. The van der Waals surface area contributed by atoms with Crippen LogP contribution in [0.25, 0.3) is 0 Å². The third kappa shape index (κ3) is 5.23. The van der Waals surface area contributed by atoms with Crippen LogP contribution < -0.4 is 5.32 Å². The minimum atomic E-state index is -0.0239. The van der Waals surface area contributed by atoms with Gasteiger partial charge in [0.1, 0.15) is 0 Å². The van der Waals surface area contributed by atoms with Gasteiger partial charge < -0.3 is 5.32 Å². The van der Waals surface area contributed by atoms with E-state index >= 15 is 0 Å². The van der Waals surface area contributed by atoms with Crippen LogP contribution in [0.15, 0.2) is 51.4 Å². The van der Waals surface area contributed by atoms with Crippen molar-refractivity contribution in [3.8, 4) is 0 Å². The predicted octanol–water partition coefficient (Wildman–Crippen LogP) is 4.59. The van der Waals surface area contributed by atoms with E-state index in [1.54, 1.807) is 0 Å². The van der Waals surface area contributed by atoms with Crippen LogP contribution in [-0.2, 0) is 11.3 Å². The first-order valence-electron chi connectivity index (χ1n) is 6.93. The summed E-state index contributed by atoms with van der Waals surface area (Å²) < 4.78 is 1.96. The fourth-order valence-electron chi connectivity index (χ4n) is 2.11.